The average Bonchev–Trinajstić information content (AvgIpc) is 2.00. The zero-order valence-corrected chi connectivity index (χ0v) is 10.6. The second-order valence-corrected chi connectivity index (χ2v) is 5.43. The van der Waals surface area contributed by atoms with E-state index in [2.05, 4.69) is 42.8 Å². The maximum absolute atomic E-state index is 11.8. The van der Waals surface area contributed by atoms with Crippen LogP contribution in [0, 0.1) is 11.8 Å². The van der Waals surface area contributed by atoms with Gasteiger partial charge in [0.05, 0.1) is 0 Å². The Morgan fingerprint density at radius 2 is 2.29 bits per heavy atom. The Morgan fingerprint density at radius 3 is 2.79 bits per heavy atom. The van der Waals surface area contributed by atoms with E-state index in [0.29, 0.717) is 18.3 Å². The van der Waals surface area contributed by atoms with Gasteiger partial charge in [0.2, 0.25) is 0 Å². The highest BCUT2D eigenvalue weighted by molar-refractivity contribution is 9.11. The van der Waals surface area contributed by atoms with Crippen LogP contribution in [-0.4, -0.2) is 5.78 Å². The molecule has 0 N–H and O–H groups in total. The van der Waals surface area contributed by atoms with Crippen molar-refractivity contribution in [1.29, 1.82) is 0 Å². The molecule has 2 heteroatoms. The number of allylic oxidation sites excluding steroid dienone is 4. The van der Waals surface area contributed by atoms with Crippen molar-refractivity contribution in [3.63, 3.8) is 0 Å². The van der Waals surface area contributed by atoms with Crippen LogP contribution in [0.3, 0.4) is 0 Å². The third kappa shape index (κ3) is 3.41. The van der Waals surface area contributed by atoms with Gasteiger partial charge in [-0.2, -0.15) is 0 Å². The first-order valence-electron chi connectivity index (χ1n) is 5.10. The number of carbonyl (C=O) groups excluding carboxylic acids is 1. The van der Waals surface area contributed by atoms with E-state index < -0.39 is 0 Å². The first kappa shape index (κ1) is 11.7. The summed E-state index contributed by atoms with van der Waals surface area (Å²) in [6.45, 7) is 6.28. The second kappa shape index (κ2) is 4.92. The molecule has 1 unspecified atom stereocenters. The fraction of sp³-hybridized carbons (Fsp3) is 0.583. The molecule has 1 rings (SSSR count). The van der Waals surface area contributed by atoms with Gasteiger partial charge < -0.3 is 0 Å². The number of hydrogen-bond acceptors (Lipinski definition) is 1. The van der Waals surface area contributed by atoms with Gasteiger partial charge in [-0.25, -0.2) is 0 Å². The molecule has 1 aliphatic carbocycles. The van der Waals surface area contributed by atoms with Crippen LogP contribution in [0.5, 0.6) is 0 Å². The molecule has 0 heterocycles. The van der Waals surface area contributed by atoms with Crippen LogP contribution < -0.4 is 0 Å². The molecule has 0 saturated carbocycles. The van der Waals surface area contributed by atoms with Gasteiger partial charge in [-0.15, -0.1) is 0 Å². The highest BCUT2D eigenvalue weighted by atomic mass is 79.9. The van der Waals surface area contributed by atoms with Gasteiger partial charge in [0.25, 0.3) is 0 Å². The Labute approximate surface area is 94.4 Å². The van der Waals surface area contributed by atoms with Crippen LogP contribution >= 0.6 is 15.9 Å². The zero-order chi connectivity index (χ0) is 10.7. The Morgan fingerprint density at radius 1 is 1.64 bits per heavy atom. The van der Waals surface area contributed by atoms with Crippen molar-refractivity contribution in [2.75, 3.05) is 0 Å². The van der Waals surface area contributed by atoms with Crippen molar-refractivity contribution < 1.29 is 4.79 Å². The van der Waals surface area contributed by atoms with Gasteiger partial charge in [-0.3, -0.25) is 4.79 Å². The lowest BCUT2D eigenvalue weighted by atomic mass is 9.92. The van der Waals surface area contributed by atoms with Crippen LogP contribution in [0.2, 0.25) is 0 Å². The molecule has 0 aromatic carbocycles. The molecule has 1 nitrogen and oxygen atoms in total. The molecule has 0 spiro atoms. The Kier molecular flexibility index (Phi) is 4.11. The SMILES string of the molecule is CC(C)CC(=O)C1=CC(C)CC(Br)=C1. The van der Waals surface area contributed by atoms with Crippen molar-refractivity contribution in [2.45, 2.75) is 33.6 Å². The molecule has 0 aromatic heterocycles. The molecule has 0 bridgehead atoms. The summed E-state index contributed by atoms with van der Waals surface area (Å²) in [5.41, 5.74) is 0.879. The fourth-order valence-corrected chi connectivity index (χ4v) is 2.37. The molecule has 0 radical (unpaired) electrons. The summed E-state index contributed by atoms with van der Waals surface area (Å²) < 4.78 is 1.14. The van der Waals surface area contributed by atoms with Gasteiger partial charge in [0.1, 0.15) is 0 Å². The molecule has 14 heavy (non-hydrogen) atoms. The van der Waals surface area contributed by atoms with Gasteiger partial charge >= 0.3 is 0 Å². The van der Waals surface area contributed by atoms with Crippen LogP contribution in [0.25, 0.3) is 0 Å². The van der Waals surface area contributed by atoms with Crippen LogP contribution in [0.15, 0.2) is 22.2 Å². The van der Waals surface area contributed by atoms with E-state index >= 15 is 0 Å². The quantitative estimate of drug-likeness (QED) is 0.750. The maximum atomic E-state index is 11.8. The molecule has 78 valence electrons. The normalized spacial score (nSPS) is 21.9. The third-order valence-electron chi connectivity index (χ3n) is 2.21. The summed E-state index contributed by atoms with van der Waals surface area (Å²) in [6, 6.07) is 0. The molecule has 1 atom stereocenters. The number of ketones is 1. The average molecular weight is 257 g/mol. The van der Waals surface area contributed by atoms with E-state index in [1.807, 2.05) is 6.08 Å². The van der Waals surface area contributed by atoms with Crippen molar-refractivity contribution in [3.05, 3.63) is 22.2 Å². The Hall–Kier alpha value is -0.370. The van der Waals surface area contributed by atoms with E-state index in [1.165, 1.54) is 0 Å². The highest BCUT2D eigenvalue weighted by Crippen LogP contribution is 2.27. The lowest BCUT2D eigenvalue weighted by Crippen LogP contribution is -2.09. The van der Waals surface area contributed by atoms with Crippen LogP contribution in [0.1, 0.15) is 33.6 Å². The van der Waals surface area contributed by atoms with Gasteiger partial charge in [-0.1, -0.05) is 42.8 Å². The van der Waals surface area contributed by atoms with Crippen LogP contribution in [-0.2, 0) is 4.79 Å². The maximum Gasteiger partial charge on any atom is 0.162 e. The van der Waals surface area contributed by atoms with E-state index in [4.69, 9.17) is 0 Å². The molecule has 0 amide bonds. The monoisotopic (exact) mass is 256 g/mol. The summed E-state index contributed by atoms with van der Waals surface area (Å²) >= 11 is 3.47. The fourth-order valence-electron chi connectivity index (χ4n) is 1.61. The smallest absolute Gasteiger partial charge is 0.162 e. The summed E-state index contributed by atoms with van der Waals surface area (Å²) in [5.74, 6) is 1.18. The number of rotatable bonds is 3. The molecular weight excluding hydrogens is 240 g/mol. The highest BCUT2D eigenvalue weighted by Gasteiger charge is 2.15. The molecule has 0 aromatic rings. The van der Waals surface area contributed by atoms with E-state index in [0.717, 1.165) is 16.5 Å². The Bertz CT molecular complexity index is 287. The van der Waals surface area contributed by atoms with E-state index in [1.54, 1.807) is 0 Å². The third-order valence-corrected chi connectivity index (χ3v) is 2.76. The summed E-state index contributed by atoms with van der Waals surface area (Å²) in [5, 5.41) is 0. The van der Waals surface area contributed by atoms with Gasteiger partial charge in [0.15, 0.2) is 5.78 Å². The number of halogens is 1. The van der Waals surface area contributed by atoms with Gasteiger partial charge in [-0.05, 0) is 28.8 Å². The standard InChI is InChI=1S/C12H17BrO/c1-8(2)4-12(14)10-5-9(3)6-11(13)7-10/h5,7-9H,4,6H2,1-3H3. The second-order valence-electron chi connectivity index (χ2n) is 4.42. The molecular formula is C12H17BrO. The van der Waals surface area contributed by atoms with E-state index in [9.17, 15) is 4.79 Å². The van der Waals surface area contributed by atoms with Crippen LogP contribution in [0.4, 0.5) is 0 Å². The van der Waals surface area contributed by atoms with Crippen molar-refractivity contribution in [2.24, 2.45) is 11.8 Å². The predicted molar refractivity (Wildman–Crippen MR) is 63.3 cm³/mol. The zero-order valence-electron chi connectivity index (χ0n) is 9.01. The lowest BCUT2D eigenvalue weighted by Gasteiger charge is -2.15. The molecule has 1 aliphatic rings. The number of carbonyl (C=O) groups is 1. The first-order chi connectivity index (χ1) is 6.49. The minimum atomic E-state index is 0.267. The summed E-state index contributed by atoms with van der Waals surface area (Å²) in [6.07, 6.45) is 5.70. The number of Topliss-reactive ketones (excluding diaryl/α,β-unsaturated/α-hetero) is 1. The predicted octanol–water partition coefficient (Wildman–Crippen LogP) is 3.85. The topological polar surface area (TPSA) is 17.1 Å². The summed E-state index contributed by atoms with van der Waals surface area (Å²) in [4.78, 5) is 11.8. The molecule has 0 saturated heterocycles. The van der Waals surface area contributed by atoms with Crippen molar-refractivity contribution >= 4 is 21.7 Å². The van der Waals surface area contributed by atoms with Crippen molar-refractivity contribution in [3.8, 4) is 0 Å². The summed E-state index contributed by atoms with van der Waals surface area (Å²) in [7, 11) is 0. The largest absolute Gasteiger partial charge is 0.294 e. The van der Waals surface area contributed by atoms with E-state index in [-0.39, 0.29) is 5.78 Å². The molecule has 0 aliphatic heterocycles. The lowest BCUT2D eigenvalue weighted by molar-refractivity contribution is -0.115. The minimum Gasteiger partial charge on any atom is -0.294 e. The minimum absolute atomic E-state index is 0.267. The van der Waals surface area contributed by atoms with Crippen molar-refractivity contribution in [1.82, 2.24) is 0 Å². The first-order valence-corrected chi connectivity index (χ1v) is 5.89. The molecule has 0 fully saturated rings. The van der Waals surface area contributed by atoms with Gasteiger partial charge in [0, 0.05) is 12.0 Å². The Balaban J connectivity index is 2.72. The number of hydrogen-bond donors (Lipinski definition) is 0.